The Hall–Kier alpha value is -2.94. The van der Waals surface area contributed by atoms with Gasteiger partial charge < -0.3 is 19.3 Å². The van der Waals surface area contributed by atoms with E-state index in [0.717, 1.165) is 0 Å². The average molecular weight is 648 g/mol. The molecule has 8 nitrogen and oxygen atoms in total. The zero-order chi connectivity index (χ0) is 31.4. The summed E-state index contributed by atoms with van der Waals surface area (Å²) < 4.78 is 167. The van der Waals surface area contributed by atoms with Crippen LogP contribution in [0, 0.1) is 58.2 Å². The van der Waals surface area contributed by atoms with E-state index in [0.29, 0.717) is 0 Å². The molecule has 0 bridgehead atoms. The SMILES string of the molecule is O=C(CCCC(=O)OCP(=O)(O)Cc1c(F)c(F)c(F)c(F)c1F)OCP(=O)(O)Cc1c(F)c(F)c(F)c(F)c1F. The van der Waals surface area contributed by atoms with E-state index in [-0.39, 0.29) is 0 Å². The fourth-order valence-corrected chi connectivity index (χ4v) is 5.45. The Balaban J connectivity index is 1.84. The van der Waals surface area contributed by atoms with Gasteiger partial charge in [0.05, 0.1) is 12.3 Å². The Morgan fingerprint density at radius 3 is 1.02 bits per heavy atom. The summed E-state index contributed by atoms with van der Waals surface area (Å²) in [6, 6.07) is 0. The first-order valence-corrected chi connectivity index (χ1v) is 14.8. The van der Waals surface area contributed by atoms with Gasteiger partial charge in [0.15, 0.2) is 59.2 Å². The van der Waals surface area contributed by atoms with Crippen molar-refractivity contribution in [1.82, 2.24) is 0 Å². The molecule has 0 radical (unpaired) electrons. The van der Waals surface area contributed by atoms with Crippen LogP contribution < -0.4 is 0 Å². The molecule has 2 N–H and O–H groups in total. The van der Waals surface area contributed by atoms with E-state index in [1.54, 1.807) is 0 Å². The van der Waals surface area contributed by atoms with Crippen molar-refractivity contribution in [2.75, 3.05) is 12.7 Å². The third kappa shape index (κ3) is 8.53. The van der Waals surface area contributed by atoms with Gasteiger partial charge in [0.2, 0.25) is 26.4 Å². The molecule has 0 amide bonds. The number of benzene rings is 2. The van der Waals surface area contributed by atoms with Crippen LogP contribution >= 0.6 is 14.7 Å². The maximum absolute atomic E-state index is 13.7. The van der Waals surface area contributed by atoms with Crippen molar-refractivity contribution in [3.05, 3.63) is 69.3 Å². The van der Waals surface area contributed by atoms with Crippen LogP contribution in [0.25, 0.3) is 0 Å². The number of esters is 2. The summed E-state index contributed by atoms with van der Waals surface area (Å²) in [5, 5.41) is 0. The highest BCUT2D eigenvalue weighted by Gasteiger charge is 2.33. The van der Waals surface area contributed by atoms with Crippen molar-refractivity contribution in [1.29, 1.82) is 0 Å². The molecule has 41 heavy (non-hydrogen) atoms. The summed E-state index contributed by atoms with van der Waals surface area (Å²) in [5.74, 6) is -26.4. The van der Waals surface area contributed by atoms with Crippen LogP contribution in [0.3, 0.4) is 0 Å². The van der Waals surface area contributed by atoms with Gasteiger partial charge in [0.1, 0.15) is 0 Å². The summed E-state index contributed by atoms with van der Waals surface area (Å²) in [6.45, 7) is 0. The maximum Gasteiger partial charge on any atom is 0.306 e. The van der Waals surface area contributed by atoms with E-state index in [9.17, 15) is 72.4 Å². The van der Waals surface area contributed by atoms with Crippen molar-refractivity contribution in [3.63, 3.8) is 0 Å². The van der Waals surface area contributed by atoms with Crippen molar-refractivity contribution in [3.8, 4) is 0 Å². The number of carbonyl (C=O) groups is 2. The molecule has 2 rings (SSSR count). The molecule has 0 fully saturated rings. The summed E-state index contributed by atoms with van der Waals surface area (Å²) >= 11 is 0. The standard InChI is InChI=1S/C21H16F10O8P2/c22-12-8(13(23)17(27)20(30)16(12)26)4-40(34,35)6-38-10(32)2-1-3-11(33)39-7-41(36,37)5-9-14(24)18(28)21(31)19(29)15(9)25/h1-7H2,(H,34,35)(H,36,37). The lowest BCUT2D eigenvalue weighted by molar-refractivity contribution is -0.143. The lowest BCUT2D eigenvalue weighted by Crippen LogP contribution is -2.12. The number of ether oxygens (including phenoxy) is 2. The van der Waals surface area contributed by atoms with Crippen LogP contribution in [0.15, 0.2) is 0 Å². The third-order valence-corrected chi connectivity index (χ3v) is 7.71. The number of halogens is 10. The molecule has 0 saturated heterocycles. The number of hydrogen-bond acceptors (Lipinski definition) is 6. The van der Waals surface area contributed by atoms with E-state index in [2.05, 4.69) is 9.47 Å². The summed E-state index contributed by atoms with van der Waals surface area (Å²) in [6.07, 6.45) is -7.81. The first-order chi connectivity index (χ1) is 18.8. The van der Waals surface area contributed by atoms with Gasteiger partial charge in [-0.1, -0.05) is 0 Å². The normalized spacial score (nSPS) is 14.3. The van der Waals surface area contributed by atoms with E-state index in [1.165, 1.54) is 0 Å². The fraction of sp³-hybridized carbons (Fsp3) is 0.333. The van der Waals surface area contributed by atoms with Crippen molar-refractivity contribution in [2.24, 2.45) is 0 Å². The van der Waals surface area contributed by atoms with Gasteiger partial charge in [0.25, 0.3) is 0 Å². The van der Waals surface area contributed by atoms with Gasteiger partial charge in [-0.25, -0.2) is 43.9 Å². The summed E-state index contributed by atoms with van der Waals surface area (Å²) in [7, 11) is -9.71. The smallest absolute Gasteiger partial charge is 0.306 e. The monoisotopic (exact) mass is 648 g/mol. The number of carbonyl (C=O) groups excluding carboxylic acids is 2. The van der Waals surface area contributed by atoms with Crippen LogP contribution in [0.1, 0.15) is 30.4 Å². The lowest BCUT2D eigenvalue weighted by Gasteiger charge is -2.15. The highest BCUT2D eigenvalue weighted by atomic mass is 31.2. The summed E-state index contributed by atoms with van der Waals surface area (Å²) in [5.41, 5.74) is -3.24. The van der Waals surface area contributed by atoms with Gasteiger partial charge in [0, 0.05) is 24.0 Å². The molecule has 2 atom stereocenters. The maximum atomic E-state index is 13.7. The van der Waals surface area contributed by atoms with E-state index in [1.807, 2.05) is 0 Å². The molecule has 0 aliphatic carbocycles. The number of rotatable bonds is 12. The second-order valence-electron chi connectivity index (χ2n) is 8.25. The molecule has 20 heteroatoms. The predicted octanol–water partition coefficient (Wildman–Crippen LogP) is 5.49. The molecular weight excluding hydrogens is 632 g/mol. The molecule has 2 aromatic carbocycles. The van der Waals surface area contributed by atoms with Crippen LogP contribution in [0.2, 0.25) is 0 Å². The van der Waals surface area contributed by atoms with Crippen molar-refractivity contribution >= 4 is 26.7 Å². The van der Waals surface area contributed by atoms with Gasteiger partial charge in [-0.3, -0.25) is 18.7 Å². The average Bonchev–Trinajstić information content (AvgIpc) is 2.91. The Morgan fingerprint density at radius 2 is 0.756 bits per heavy atom. The molecular formula is C21H16F10O8P2. The molecule has 0 heterocycles. The first-order valence-electron chi connectivity index (χ1n) is 10.7. The molecule has 228 valence electrons. The van der Waals surface area contributed by atoms with E-state index >= 15 is 0 Å². The molecule has 0 saturated carbocycles. The van der Waals surface area contributed by atoms with Gasteiger partial charge in [-0.15, -0.1) is 0 Å². The zero-order valence-corrected chi connectivity index (χ0v) is 21.8. The van der Waals surface area contributed by atoms with Crippen LogP contribution in [0.4, 0.5) is 43.9 Å². The molecule has 2 aromatic rings. The Labute approximate surface area is 222 Å². The minimum atomic E-state index is -4.85. The summed E-state index contributed by atoms with van der Waals surface area (Å²) in [4.78, 5) is 42.9. The van der Waals surface area contributed by atoms with E-state index in [4.69, 9.17) is 0 Å². The Bertz CT molecular complexity index is 1300. The van der Waals surface area contributed by atoms with Crippen molar-refractivity contribution in [2.45, 2.75) is 31.6 Å². The van der Waals surface area contributed by atoms with Gasteiger partial charge >= 0.3 is 11.9 Å². The number of hydrogen-bond donors (Lipinski definition) is 2. The Morgan fingerprint density at radius 1 is 0.512 bits per heavy atom. The predicted molar refractivity (Wildman–Crippen MR) is 115 cm³/mol. The topological polar surface area (TPSA) is 127 Å². The Kier molecular flexibility index (Phi) is 11.2. The lowest BCUT2D eigenvalue weighted by atomic mass is 10.2. The highest BCUT2D eigenvalue weighted by molar-refractivity contribution is 7.57. The zero-order valence-electron chi connectivity index (χ0n) is 20.0. The second-order valence-corrected chi connectivity index (χ2v) is 12.8. The first kappa shape index (κ1) is 34.3. The van der Waals surface area contributed by atoms with Gasteiger partial charge in [-0.2, -0.15) is 0 Å². The fourth-order valence-electron chi connectivity index (χ4n) is 3.03. The quantitative estimate of drug-likeness (QED) is 0.102. The van der Waals surface area contributed by atoms with Crippen molar-refractivity contribution < 1.29 is 81.9 Å². The third-order valence-electron chi connectivity index (χ3n) is 5.03. The van der Waals surface area contributed by atoms with E-state index < -0.39 is 140 Å². The van der Waals surface area contributed by atoms with Gasteiger partial charge in [-0.05, 0) is 6.42 Å². The largest absolute Gasteiger partial charge is 0.455 e. The highest BCUT2D eigenvalue weighted by Crippen LogP contribution is 2.47. The molecule has 0 aromatic heterocycles. The minimum Gasteiger partial charge on any atom is -0.455 e. The molecule has 2 unspecified atom stereocenters. The van der Waals surface area contributed by atoms with Crippen LogP contribution in [-0.2, 0) is 40.5 Å². The molecule has 0 aliphatic rings. The molecule has 0 spiro atoms. The second kappa shape index (κ2) is 13.4. The van der Waals surface area contributed by atoms with Crippen LogP contribution in [-0.4, -0.2) is 34.4 Å². The van der Waals surface area contributed by atoms with Crippen LogP contribution in [0.5, 0.6) is 0 Å². The molecule has 0 aliphatic heterocycles. The minimum absolute atomic E-state index is 0.432.